The van der Waals surface area contributed by atoms with Crippen LogP contribution in [0.2, 0.25) is 0 Å². The summed E-state index contributed by atoms with van der Waals surface area (Å²) in [6.45, 7) is 7.00. The SMILES string of the molecule is CC(C)C(CBr)CN1CCc2ccccc21. The van der Waals surface area contributed by atoms with Crippen molar-refractivity contribution in [3.05, 3.63) is 29.8 Å². The maximum atomic E-state index is 3.64. The van der Waals surface area contributed by atoms with Gasteiger partial charge >= 0.3 is 0 Å². The molecule has 0 radical (unpaired) electrons. The van der Waals surface area contributed by atoms with Crippen LogP contribution in [-0.4, -0.2) is 18.4 Å². The van der Waals surface area contributed by atoms with E-state index in [0.717, 1.165) is 17.2 Å². The van der Waals surface area contributed by atoms with Crippen molar-refractivity contribution < 1.29 is 0 Å². The Morgan fingerprint density at radius 3 is 2.75 bits per heavy atom. The van der Waals surface area contributed by atoms with Crippen LogP contribution in [0.4, 0.5) is 5.69 Å². The fourth-order valence-corrected chi connectivity index (χ4v) is 3.27. The molecular formula is C14H20BrN. The van der Waals surface area contributed by atoms with Crippen LogP contribution >= 0.6 is 15.9 Å². The second-order valence-corrected chi connectivity index (χ2v) is 5.63. The van der Waals surface area contributed by atoms with E-state index in [1.807, 2.05) is 0 Å². The summed E-state index contributed by atoms with van der Waals surface area (Å²) in [5, 5.41) is 1.10. The number of rotatable bonds is 4. The Bertz CT molecular complexity index is 348. The maximum Gasteiger partial charge on any atom is 0.0399 e. The monoisotopic (exact) mass is 281 g/mol. The Morgan fingerprint density at radius 2 is 2.06 bits per heavy atom. The van der Waals surface area contributed by atoms with Crippen LogP contribution in [0.15, 0.2) is 24.3 Å². The minimum Gasteiger partial charge on any atom is -0.371 e. The van der Waals surface area contributed by atoms with Crippen LogP contribution in [0.3, 0.4) is 0 Å². The molecule has 0 amide bonds. The van der Waals surface area contributed by atoms with Crippen molar-refractivity contribution in [1.29, 1.82) is 0 Å². The highest BCUT2D eigenvalue weighted by Crippen LogP contribution is 2.29. The first kappa shape index (κ1) is 12.0. The van der Waals surface area contributed by atoms with Gasteiger partial charge < -0.3 is 4.90 Å². The van der Waals surface area contributed by atoms with Gasteiger partial charge in [-0.25, -0.2) is 0 Å². The molecule has 0 aromatic heterocycles. The van der Waals surface area contributed by atoms with Gasteiger partial charge in [0.05, 0.1) is 0 Å². The maximum absolute atomic E-state index is 3.64. The number of nitrogens with zero attached hydrogens (tertiary/aromatic N) is 1. The van der Waals surface area contributed by atoms with Gasteiger partial charge in [-0.2, -0.15) is 0 Å². The second kappa shape index (κ2) is 5.22. The van der Waals surface area contributed by atoms with E-state index in [-0.39, 0.29) is 0 Å². The van der Waals surface area contributed by atoms with E-state index in [1.165, 1.54) is 30.8 Å². The minimum atomic E-state index is 0.742. The third-order valence-electron chi connectivity index (χ3n) is 3.58. The lowest BCUT2D eigenvalue weighted by Crippen LogP contribution is -2.31. The van der Waals surface area contributed by atoms with Gasteiger partial charge in [-0.05, 0) is 29.9 Å². The van der Waals surface area contributed by atoms with E-state index in [0.29, 0.717) is 0 Å². The summed E-state index contributed by atoms with van der Waals surface area (Å²) in [7, 11) is 0. The number of hydrogen-bond donors (Lipinski definition) is 0. The molecule has 16 heavy (non-hydrogen) atoms. The van der Waals surface area contributed by atoms with Crippen molar-refractivity contribution in [1.82, 2.24) is 0 Å². The van der Waals surface area contributed by atoms with E-state index in [9.17, 15) is 0 Å². The molecule has 1 heterocycles. The Balaban J connectivity index is 2.08. The van der Waals surface area contributed by atoms with E-state index in [1.54, 1.807) is 0 Å². The van der Waals surface area contributed by atoms with Crippen molar-refractivity contribution >= 4 is 21.6 Å². The van der Waals surface area contributed by atoms with Crippen LogP contribution in [-0.2, 0) is 6.42 Å². The molecule has 1 nitrogen and oxygen atoms in total. The Kier molecular flexibility index (Phi) is 3.91. The summed E-state index contributed by atoms with van der Waals surface area (Å²) in [6.07, 6.45) is 1.21. The molecule has 88 valence electrons. The van der Waals surface area contributed by atoms with Crippen molar-refractivity contribution in [2.24, 2.45) is 11.8 Å². The summed E-state index contributed by atoms with van der Waals surface area (Å²) in [6, 6.07) is 8.81. The molecule has 0 spiro atoms. The Labute approximate surface area is 107 Å². The van der Waals surface area contributed by atoms with Gasteiger partial charge in [-0.3, -0.25) is 0 Å². The summed E-state index contributed by atoms with van der Waals surface area (Å²) < 4.78 is 0. The van der Waals surface area contributed by atoms with Crippen LogP contribution in [0.5, 0.6) is 0 Å². The molecule has 2 heteroatoms. The Morgan fingerprint density at radius 1 is 1.31 bits per heavy atom. The zero-order valence-corrected chi connectivity index (χ0v) is 11.7. The predicted octanol–water partition coefficient (Wildman–Crippen LogP) is 3.72. The van der Waals surface area contributed by atoms with Gasteiger partial charge in [0.25, 0.3) is 0 Å². The van der Waals surface area contributed by atoms with Crippen molar-refractivity contribution in [2.45, 2.75) is 20.3 Å². The topological polar surface area (TPSA) is 3.24 Å². The Hall–Kier alpha value is -0.500. The summed E-state index contributed by atoms with van der Waals surface area (Å²) >= 11 is 3.64. The van der Waals surface area contributed by atoms with Crippen molar-refractivity contribution in [3.8, 4) is 0 Å². The normalized spacial score (nSPS) is 16.6. The van der Waals surface area contributed by atoms with Gasteiger partial charge in [0, 0.05) is 24.1 Å². The number of para-hydroxylation sites is 1. The van der Waals surface area contributed by atoms with Crippen LogP contribution in [0, 0.1) is 11.8 Å². The number of benzene rings is 1. The van der Waals surface area contributed by atoms with E-state index in [4.69, 9.17) is 0 Å². The largest absolute Gasteiger partial charge is 0.371 e. The smallest absolute Gasteiger partial charge is 0.0399 e. The number of halogens is 1. The molecule has 1 aromatic rings. The molecule has 0 fully saturated rings. The fourth-order valence-electron chi connectivity index (χ4n) is 2.32. The molecule has 0 bridgehead atoms. The highest BCUT2D eigenvalue weighted by atomic mass is 79.9. The number of fused-ring (bicyclic) bond motifs is 1. The van der Waals surface area contributed by atoms with Gasteiger partial charge in [-0.15, -0.1) is 0 Å². The molecule has 1 aromatic carbocycles. The predicted molar refractivity (Wildman–Crippen MR) is 74.5 cm³/mol. The van der Waals surface area contributed by atoms with E-state index in [2.05, 4.69) is 58.9 Å². The number of anilines is 1. The number of hydrogen-bond acceptors (Lipinski definition) is 1. The molecule has 0 N–H and O–H groups in total. The minimum absolute atomic E-state index is 0.742. The average molecular weight is 282 g/mol. The summed E-state index contributed by atoms with van der Waals surface area (Å²) in [4.78, 5) is 2.54. The van der Waals surface area contributed by atoms with Crippen LogP contribution in [0.25, 0.3) is 0 Å². The lowest BCUT2D eigenvalue weighted by molar-refractivity contribution is 0.428. The van der Waals surface area contributed by atoms with Gasteiger partial charge in [0.2, 0.25) is 0 Å². The molecule has 0 saturated carbocycles. The lowest BCUT2D eigenvalue weighted by Gasteiger charge is -2.27. The highest BCUT2D eigenvalue weighted by molar-refractivity contribution is 9.09. The summed E-state index contributed by atoms with van der Waals surface area (Å²) in [5.74, 6) is 1.48. The fraction of sp³-hybridized carbons (Fsp3) is 0.571. The molecule has 0 aliphatic carbocycles. The standard InChI is InChI=1S/C14H20BrN/c1-11(2)13(9-15)10-16-8-7-12-5-3-4-6-14(12)16/h3-6,11,13H,7-10H2,1-2H3. The summed E-state index contributed by atoms with van der Waals surface area (Å²) in [5.41, 5.74) is 2.97. The molecular weight excluding hydrogens is 262 g/mol. The molecule has 1 aliphatic rings. The quantitative estimate of drug-likeness (QED) is 0.761. The first-order valence-corrected chi connectivity index (χ1v) is 7.23. The zero-order valence-electron chi connectivity index (χ0n) is 10.1. The van der Waals surface area contributed by atoms with Crippen LogP contribution in [0.1, 0.15) is 19.4 Å². The van der Waals surface area contributed by atoms with Crippen molar-refractivity contribution in [3.63, 3.8) is 0 Å². The van der Waals surface area contributed by atoms with Crippen LogP contribution < -0.4 is 4.90 Å². The molecule has 1 unspecified atom stereocenters. The molecule has 1 atom stereocenters. The van der Waals surface area contributed by atoms with Crippen molar-refractivity contribution in [2.75, 3.05) is 23.3 Å². The highest BCUT2D eigenvalue weighted by Gasteiger charge is 2.22. The molecule has 1 aliphatic heterocycles. The van der Waals surface area contributed by atoms with Gasteiger partial charge in [0.15, 0.2) is 0 Å². The number of alkyl halides is 1. The van der Waals surface area contributed by atoms with E-state index >= 15 is 0 Å². The first-order chi connectivity index (χ1) is 7.72. The lowest BCUT2D eigenvalue weighted by atomic mass is 9.97. The van der Waals surface area contributed by atoms with Gasteiger partial charge in [0.1, 0.15) is 0 Å². The zero-order chi connectivity index (χ0) is 11.5. The van der Waals surface area contributed by atoms with E-state index < -0.39 is 0 Å². The van der Waals surface area contributed by atoms with Gasteiger partial charge in [-0.1, -0.05) is 48.0 Å². The first-order valence-electron chi connectivity index (χ1n) is 6.11. The molecule has 2 rings (SSSR count). The molecule has 0 saturated heterocycles. The second-order valence-electron chi connectivity index (χ2n) is 4.98. The third kappa shape index (κ3) is 2.42. The third-order valence-corrected chi connectivity index (χ3v) is 4.41. The average Bonchev–Trinajstić information content (AvgIpc) is 2.69.